The van der Waals surface area contributed by atoms with Gasteiger partial charge >= 0.3 is 6.03 Å². The van der Waals surface area contributed by atoms with E-state index in [1.54, 1.807) is 0 Å². The summed E-state index contributed by atoms with van der Waals surface area (Å²) in [4.78, 5) is 12.2. The quantitative estimate of drug-likeness (QED) is 0.676. The van der Waals surface area contributed by atoms with E-state index >= 15 is 0 Å². The first kappa shape index (κ1) is 18.4. The van der Waals surface area contributed by atoms with Gasteiger partial charge < -0.3 is 20.8 Å². The van der Waals surface area contributed by atoms with Crippen molar-refractivity contribution < 1.29 is 15.0 Å². The molecule has 2 aromatic rings. The van der Waals surface area contributed by atoms with Gasteiger partial charge in [0, 0.05) is 0 Å². The maximum atomic E-state index is 12.2. The maximum absolute atomic E-state index is 12.2. The van der Waals surface area contributed by atoms with Crippen LogP contribution in [0.25, 0.3) is 0 Å². The lowest BCUT2D eigenvalue weighted by Crippen LogP contribution is -2.49. The van der Waals surface area contributed by atoms with Crippen LogP contribution in [0, 0.1) is 13.8 Å². The van der Waals surface area contributed by atoms with Crippen molar-refractivity contribution >= 4 is 6.03 Å². The zero-order chi connectivity index (χ0) is 18.7. The van der Waals surface area contributed by atoms with Crippen LogP contribution in [0.1, 0.15) is 22.3 Å². The molecule has 0 saturated carbocycles. The predicted molar refractivity (Wildman–Crippen MR) is 101 cm³/mol. The molecule has 1 aliphatic rings. The van der Waals surface area contributed by atoms with Crippen LogP contribution in [0.3, 0.4) is 0 Å². The van der Waals surface area contributed by atoms with Gasteiger partial charge in [0.15, 0.2) is 0 Å². The smallest absolute Gasteiger partial charge is 0.315 e. The molecule has 2 amide bonds. The van der Waals surface area contributed by atoms with Gasteiger partial charge in [0.2, 0.25) is 0 Å². The fourth-order valence-electron chi connectivity index (χ4n) is 3.32. The number of rotatable bonds is 4. The molecule has 5 heteroatoms. The van der Waals surface area contributed by atoms with E-state index in [4.69, 9.17) is 0 Å². The molecule has 2 aromatic carbocycles. The highest BCUT2D eigenvalue weighted by molar-refractivity contribution is 5.75. The summed E-state index contributed by atoms with van der Waals surface area (Å²) >= 11 is 0. The van der Waals surface area contributed by atoms with Crippen LogP contribution < -0.4 is 10.6 Å². The first-order valence-corrected chi connectivity index (χ1v) is 8.96. The van der Waals surface area contributed by atoms with E-state index in [9.17, 15) is 15.0 Å². The second-order valence-electron chi connectivity index (χ2n) is 7.19. The average molecular weight is 354 g/mol. The molecule has 1 aliphatic heterocycles. The van der Waals surface area contributed by atoms with Gasteiger partial charge in [-0.15, -0.1) is 0 Å². The summed E-state index contributed by atoms with van der Waals surface area (Å²) in [6.45, 7) is 4.02. The van der Waals surface area contributed by atoms with Crippen LogP contribution in [0.4, 0.5) is 4.79 Å². The number of aliphatic hydroxyl groups excluding tert-OH is 2. The molecule has 0 bridgehead atoms. The molecule has 1 heterocycles. The Labute approximate surface area is 154 Å². The number of aryl methyl sites for hydroxylation is 2. The summed E-state index contributed by atoms with van der Waals surface area (Å²) in [5.41, 5.74) is 4.31. The van der Waals surface area contributed by atoms with Gasteiger partial charge in [0.25, 0.3) is 0 Å². The van der Waals surface area contributed by atoms with Crippen LogP contribution >= 0.6 is 0 Å². The van der Waals surface area contributed by atoms with Crippen molar-refractivity contribution in [3.63, 3.8) is 0 Å². The Morgan fingerprint density at radius 3 is 1.42 bits per heavy atom. The first-order valence-electron chi connectivity index (χ1n) is 8.96. The lowest BCUT2D eigenvalue weighted by molar-refractivity contribution is -0.0116. The summed E-state index contributed by atoms with van der Waals surface area (Å²) in [7, 11) is 0. The molecule has 0 aromatic heterocycles. The molecule has 0 radical (unpaired) electrons. The Hall–Kier alpha value is -2.37. The Morgan fingerprint density at radius 1 is 0.731 bits per heavy atom. The molecule has 0 aliphatic carbocycles. The molecule has 1 saturated heterocycles. The predicted octanol–water partition coefficient (Wildman–Crippen LogP) is 1.86. The Bertz CT molecular complexity index is 679. The molecule has 138 valence electrons. The number of amides is 2. The minimum absolute atomic E-state index is 0.366. The third-order valence-corrected chi connectivity index (χ3v) is 4.96. The molecule has 1 fully saturated rings. The van der Waals surface area contributed by atoms with E-state index in [1.165, 1.54) is 0 Å². The first-order chi connectivity index (χ1) is 12.4. The molecular formula is C21H26N2O3. The highest BCUT2D eigenvalue weighted by Crippen LogP contribution is 2.17. The van der Waals surface area contributed by atoms with Crippen molar-refractivity contribution in [2.24, 2.45) is 0 Å². The fourth-order valence-corrected chi connectivity index (χ4v) is 3.32. The van der Waals surface area contributed by atoms with Crippen LogP contribution in [-0.2, 0) is 12.8 Å². The summed E-state index contributed by atoms with van der Waals surface area (Å²) < 4.78 is 0. The number of nitrogens with one attached hydrogen (secondary N) is 2. The molecular weight excluding hydrogens is 328 g/mol. The van der Waals surface area contributed by atoms with E-state index in [0.29, 0.717) is 12.8 Å². The fraction of sp³-hybridized carbons (Fsp3) is 0.381. The van der Waals surface area contributed by atoms with Crippen molar-refractivity contribution in [3.05, 3.63) is 70.8 Å². The highest BCUT2D eigenvalue weighted by Gasteiger charge is 2.37. The van der Waals surface area contributed by atoms with Crippen LogP contribution in [0.15, 0.2) is 48.5 Å². The number of carbonyl (C=O) groups is 1. The average Bonchev–Trinajstić information content (AvgIpc) is 2.71. The number of aliphatic hydroxyl groups is 2. The number of carbonyl (C=O) groups excluding carboxylic acids is 1. The molecule has 4 N–H and O–H groups in total. The standard InChI is InChI=1S/C21H26N2O3/c1-13-3-7-15(8-4-13)11-17-19(24)20(25)18(23-21(26)22-17)12-16-9-5-14(2)6-10-16/h3-10,17-20,24-25H,11-12H2,1-2H3,(H2,22,23,26)/t17-,18-,19+,20+/m1/s1. The normalized spacial score (nSPS) is 25.9. The Kier molecular flexibility index (Phi) is 5.59. The second-order valence-corrected chi connectivity index (χ2v) is 7.19. The van der Waals surface area contributed by atoms with Crippen molar-refractivity contribution in [1.82, 2.24) is 10.6 Å². The molecule has 4 atom stereocenters. The summed E-state index contributed by atoms with van der Waals surface area (Å²) in [5.74, 6) is 0. The van der Waals surface area contributed by atoms with Gasteiger partial charge in [-0.1, -0.05) is 59.7 Å². The topological polar surface area (TPSA) is 81.6 Å². The van der Waals surface area contributed by atoms with Gasteiger partial charge in [0.1, 0.15) is 12.2 Å². The van der Waals surface area contributed by atoms with Crippen molar-refractivity contribution in [2.75, 3.05) is 0 Å². The van der Waals surface area contributed by atoms with Crippen LogP contribution in [0.5, 0.6) is 0 Å². The zero-order valence-corrected chi connectivity index (χ0v) is 15.1. The minimum Gasteiger partial charge on any atom is -0.388 e. The van der Waals surface area contributed by atoms with E-state index in [-0.39, 0.29) is 6.03 Å². The number of hydrogen-bond acceptors (Lipinski definition) is 3. The van der Waals surface area contributed by atoms with Gasteiger partial charge in [-0.05, 0) is 37.8 Å². The molecule has 0 unspecified atom stereocenters. The molecule has 3 rings (SSSR count). The van der Waals surface area contributed by atoms with Gasteiger partial charge in [-0.3, -0.25) is 0 Å². The van der Waals surface area contributed by atoms with Crippen molar-refractivity contribution in [2.45, 2.75) is 51.0 Å². The zero-order valence-electron chi connectivity index (χ0n) is 15.1. The van der Waals surface area contributed by atoms with Crippen LogP contribution in [-0.4, -0.2) is 40.5 Å². The highest BCUT2D eigenvalue weighted by atomic mass is 16.3. The van der Waals surface area contributed by atoms with Gasteiger partial charge in [-0.25, -0.2) is 4.79 Å². The molecule has 0 spiro atoms. The third-order valence-electron chi connectivity index (χ3n) is 4.96. The lowest BCUT2D eigenvalue weighted by atomic mass is 9.92. The summed E-state index contributed by atoms with van der Waals surface area (Å²) in [5, 5.41) is 26.9. The van der Waals surface area contributed by atoms with Crippen molar-refractivity contribution in [3.8, 4) is 0 Å². The maximum Gasteiger partial charge on any atom is 0.315 e. The largest absolute Gasteiger partial charge is 0.388 e. The second kappa shape index (κ2) is 7.89. The molecule has 5 nitrogen and oxygen atoms in total. The van der Waals surface area contributed by atoms with E-state index < -0.39 is 24.3 Å². The monoisotopic (exact) mass is 354 g/mol. The van der Waals surface area contributed by atoms with Gasteiger partial charge in [0.05, 0.1) is 12.1 Å². The van der Waals surface area contributed by atoms with Gasteiger partial charge in [-0.2, -0.15) is 0 Å². The van der Waals surface area contributed by atoms with Crippen LogP contribution in [0.2, 0.25) is 0 Å². The SMILES string of the molecule is Cc1ccc(C[C@H]2NC(=O)N[C@H](Cc3ccc(C)cc3)[C@H](O)[C@H]2O)cc1. The number of benzene rings is 2. The third kappa shape index (κ3) is 4.42. The summed E-state index contributed by atoms with van der Waals surface area (Å²) in [6, 6.07) is 14.4. The number of hydrogen-bond donors (Lipinski definition) is 4. The van der Waals surface area contributed by atoms with E-state index in [1.807, 2.05) is 62.4 Å². The van der Waals surface area contributed by atoms with E-state index in [0.717, 1.165) is 22.3 Å². The molecule has 26 heavy (non-hydrogen) atoms. The lowest BCUT2D eigenvalue weighted by Gasteiger charge is -2.27. The Morgan fingerprint density at radius 2 is 1.08 bits per heavy atom. The van der Waals surface area contributed by atoms with E-state index in [2.05, 4.69) is 10.6 Å². The van der Waals surface area contributed by atoms with Crippen molar-refractivity contribution in [1.29, 1.82) is 0 Å². The summed E-state index contributed by atoms with van der Waals surface area (Å²) in [6.07, 6.45) is -1.18. The number of urea groups is 1. The Balaban J connectivity index is 1.73. The minimum atomic E-state index is -1.05.